The van der Waals surface area contributed by atoms with Gasteiger partial charge in [0.25, 0.3) is 0 Å². The van der Waals surface area contributed by atoms with Crippen molar-refractivity contribution in [2.45, 2.75) is 20.4 Å². The number of pyridine rings is 1. The first-order valence-electron chi connectivity index (χ1n) is 6.81. The van der Waals surface area contributed by atoms with Gasteiger partial charge < -0.3 is 14.8 Å². The minimum Gasteiger partial charge on any atom is -0.497 e. The van der Waals surface area contributed by atoms with Gasteiger partial charge in [0, 0.05) is 18.3 Å². The lowest BCUT2D eigenvalue weighted by molar-refractivity contribution is 0.411. The first-order valence-corrected chi connectivity index (χ1v) is 7.61. The molecule has 0 bridgehead atoms. The number of rotatable bonds is 6. The molecule has 0 atom stereocenters. The summed E-state index contributed by atoms with van der Waals surface area (Å²) in [5.41, 5.74) is 2.16. The zero-order chi connectivity index (χ0) is 15.2. The number of benzene rings is 1. The predicted octanol–water partition coefficient (Wildman–Crippen LogP) is 4.06. The van der Waals surface area contributed by atoms with E-state index < -0.39 is 0 Å². The molecule has 0 unspecified atom stereocenters. The third kappa shape index (κ3) is 4.19. The molecule has 0 amide bonds. The molecule has 0 radical (unpaired) electrons. The zero-order valence-electron chi connectivity index (χ0n) is 12.4. The first kappa shape index (κ1) is 15.8. The number of aromatic nitrogens is 1. The number of hydrogen-bond acceptors (Lipinski definition) is 4. The molecule has 0 aliphatic rings. The zero-order valence-corrected chi connectivity index (χ0v) is 14.0. The van der Waals surface area contributed by atoms with E-state index in [1.165, 1.54) is 0 Å². The standard InChI is InChI=1S/C16H19BrN2O2/c1-4-18-9-12-7-11(2)16(19-10-12)21-15-6-5-13(20-3)8-14(15)17/h5-8,10,18H,4,9H2,1-3H3. The van der Waals surface area contributed by atoms with Crippen molar-refractivity contribution in [3.05, 3.63) is 46.1 Å². The van der Waals surface area contributed by atoms with Crippen LogP contribution in [0.2, 0.25) is 0 Å². The fourth-order valence-corrected chi connectivity index (χ4v) is 2.33. The molecule has 0 fully saturated rings. The average molecular weight is 351 g/mol. The van der Waals surface area contributed by atoms with Crippen molar-refractivity contribution in [3.63, 3.8) is 0 Å². The Balaban J connectivity index is 2.16. The van der Waals surface area contributed by atoms with Crippen molar-refractivity contribution >= 4 is 15.9 Å². The van der Waals surface area contributed by atoms with Crippen molar-refractivity contribution in [1.82, 2.24) is 10.3 Å². The van der Waals surface area contributed by atoms with Crippen LogP contribution >= 0.6 is 15.9 Å². The minimum atomic E-state index is 0.612. The summed E-state index contributed by atoms with van der Waals surface area (Å²) in [7, 11) is 1.64. The van der Waals surface area contributed by atoms with Gasteiger partial charge >= 0.3 is 0 Å². The van der Waals surface area contributed by atoms with Crippen molar-refractivity contribution in [1.29, 1.82) is 0 Å². The molecule has 5 heteroatoms. The summed E-state index contributed by atoms with van der Waals surface area (Å²) >= 11 is 3.48. The quantitative estimate of drug-likeness (QED) is 0.852. The Morgan fingerprint density at radius 1 is 1.29 bits per heavy atom. The van der Waals surface area contributed by atoms with Gasteiger partial charge in [-0.3, -0.25) is 0 Å². The number of halogens is 1. The molecule has 1 aromatic heterocycles. The smallest absolute Gasteiger partial charge is 0.222 e. The van der Waals surface area contributed by atoms with Crippen molar-refractivity contribution in [3.8, 4) is 17.4 Å². The van der Waals surface area contributed by atoms with Gasteiger partial charge in [-0.1, -0.05) is 6.92 Å². The van der Waals surface area contributed by atoms with Crippen LogP contribution in [0.4, 0.5) is 0 Å². The molecular formula is C16H19BrN2O2. The molecule has 21 heavy (non-hydrogen) atoms. The summed E-state index contributed by atoms with van der Waals surface area (Å²) in [5.74, 6) is 2.10. The molecule has 1 aromatic carbocycles. The largest absolute Gasteiger partial charge is 0.497 e. The molecule has 0 saturated carbocycles. The maximum absolute atomic E-state index is 5.86. The summed E-state index contributed by atoms with van der Waals surface area (Å²) < 4.78 is 11.9. The van der Waals surface area contributed by atoms with E-state index in [9.17, 15) is 0 Å². The van der Waals surface area contributed by atoms with Crippen LogP contribution in [0.1, 0.15) is 18.1 Å². The van der Waals surface area contributed by atoms with Crippen molar-refractivity contribution < 1.29 is 9.47 Å². The van der Waals surface area contributed by atoms with Crippen LogP contribution in [-0.4, -0.2) is 18.6 Å². The van der Waals surface area contributed by atoms with Crippen molar-refractivity contribution in [2.75, 3.05) is 13.7 Å². The fourth-order valence-electron chi connectivity index (χ4n) is 1.89. The molecule has 0 aliphatic carbocycles. The second-order valence-corrected chi connectivity index (χ2v) is 5.50. The number of nitrogens with zero attached hydrogens (tertiary/aromatic N) is 1. The Morgan fingerprint density at radius 3 is 2.71 bits per heavy atom. The van der Waals surface area contributed by atoms with Crippen LogP contribution in [-0.2, 0) is 6.54 Å². The second kappa shape index (κ2) is 7.43. The summed E-state index contributed by atoms with van der Waals surface area (Å²) in [6.07, 6.45) is 1.84. The third-order valence-corrected chi connectivity index (χ3v) is 3.63. The Kier molecular flexibility index (Phi) is 5.59. The summed E-state index contributed by atoms with van der Waals surface area (Å²) in [6, 6.07) is 7.66. The van der Waals surface area contributed by atoms with Crippen LogP contribution in [0.3, 0.4) is 0 Å². The summed E-state index contributed by atoms with van der Waals surface area (Å²) in [5, 5.41) is 3.28. The van der Waals surface area contributed by atoms with E-state index in [0.29, 0.717) is 11.6 Å². The second-order valence-electron chi connectivity index (χ2n) is 4.64. The normalized spacial score (nSPS) is 10.5. The Bertz CT molecular complexity index is 617. The third-order valence-electron chi connectivity index (χ3n) is 3.01. The number of hydrogen-bond donors (Lipinski definition) is 1. The van der Waals surface area contributed by atoms with E-state index >= 15 is 0 Å². The van der Waals surface area contributed by atoms with Gasteiger partial charge in [-0.2, -0.15) is 0 Å². The van der Waals surface area contributed by atoms with Crippen LogP contribution in [0.25, 0.3) is 0 Å². The van der Waals surface area contributed by atoms with E-state index in [-0.39, 0.29) is 0 Å². The molecule has 1 heterocycles. The maximum atomic E-state index is 5.86. The van der Waals surface area contributed by atoms with Gasteiger partial charge in [-0.05, 0) is 59.2 Å². The molecular weight excluding hydrogens is 332 g/mol. The lowest BCUT2D eigenvalue weighted by Crippen LogP contribution is -2.12. The number of methoxy groups -OCH3 is 1. The highest BCUT2D eigenvalue weighted by atomic mass is 79.9. The van der Waals surface area contributed by atoms with E-state index in [0.717, 1.165) is 34.4 Å². The summed E-state index contributed by atoms with van der Waals surface area (Å²) in [6.45, 7) is 5.83. The molecule has 112 valence electrons. The maximum Gasteiger partial charge on any atom is 0.222 e. The highest BCUT2D eigenvalue weighted by molar-refractivity contribution is 9.10. The monoisotopic (exact) mass is 350 g/mol. The van der Waals surface area contributed by atoms with E-state index in [4.69, 9.17) is 9.47 Å². The molecule has 0 spiro atoms. The first-order chi connectivity index (χ1) is 10.1. The SMILES string of the molecule is CCNCc1cnc(Oc2ccc(OC)cc2Br)c(C)c1. The highest BCUT2D eigenvalue weighted by Gasteiger charge is 2.08. The van der Waals surface area contributed by atoms with Gasteiger partial charge in [-0.15, -0.1) is 0 Å². The van der Waals surface area contributed by atoms with Crippen LogP contribution in [0, 0.1) is 6.92 Å². The van der Waals surface area contributed by atoms with Gasteiger partial charge in [0.15, 0.2) is 0 Å². The van der Waals surface area contributed by atoms with Crippen LogP contribution in [0.15, 0.2) is 34.9 Å². The molecule has 4 nitrogen and oxygen atoms in total. The molecule has 2 rings (SSSR count). The van der Waals surface area contributed by atoms with E-state index in [1.807, 2.05) is 31.3 Å². The fraction of sp³-hybridized carbons (Fsp3) is 0.312. The van der Waals surface area contributed by atoms with Gasteiger partial charge in [0.05, 0.1) is 11.6 Å². The predicted molar refractivity (Wildman–Crippen MR) is 87.1 cm³/mol. The van der Waals surface area contributed by atoms with Gasteiger partial charge in [0.1, 0.15) is 11.5 Å². The molecule has 0 aliphatic heterocycles. The lowest BCUT2D eigenvalue weighted by Gasteiger charge is -2.11. The Morgan fingerprint density at radius 2 is 2.10 bits per heavy atom. The number of ether oxygens (including phenoxy) is 2. The highest BCUT2D eigenvalue weighted by Crippen LogP contribution is 2.33. The van der Waals surface area contributed by atoms with Crippen molar-refractivity contribution in [2.24, 2.45) is 0 Å². The van der Waals surface area contributed by atoms with E-state index in [2.05, 4.69) is 39.2 Å². The van der Waals surface area contributed by atoms with Crippen LogP contribution in [0.5, 0.6) is 17.4 Å². The van der Waals surface area contributed by atoms with Gasteiger partial charge in [-0.25, -0.2) is 4.98 Å². The number of aryl methyl sites for hydroxylation is 1. The lowest BCUT2D eigenvalue weighted by atomic mass is 10.2. The Hall–Kier alpha value is -1.59. The molecule has 2 aromatic rings. The topological polar surface area (TPSA) is 43.4 Å². The van der Waals surface area contributed by atoms with Crippen LogP contribution < -0.4 is 14.8 Å². The summed E-state index contributed by atoms with van der Waals surface area (Å²) in [4.78, 5) is 4.40. The minimum absolute atomic E-state index is 0.612. The van der Waals surface area contributed by atoms with E-state index in [1.54, 1.807) is 7.11 Å². The number of nitrogens with one attached hydrogen (secondary N) is 1. The van der Waals surface area contributed by atoms with Gasteiger partial charge in [0.2, 0.25) is 5.88 Å². The molecule has 1 N–H and O–H groups in total. The Labute approximate surface area is 133 Å². The average Bonchev–Trinajstić information content (AvgIpc) is 2.49. The molecule has 0 saturated heterocycles.